The van der Waals surface area contributed by atoms with E-state index in [1.807, 2.05) is 11.9 Å². The molecule has 0 saturated heterocycles. The minimum absolute atomic E-state index is 0.193. The Morgan fingerprint density at radius 3 is 2.72 bits per heavy atom. The van der Waals surface area contributed by atoms with Gasteiger partial charge in [0.2, 0.25) is 5.91 Å². The van der Waals surface area contributed by atoms with Crippen LogP contribution in [-0.4, -0.2) is 17.9 Å². The van der Waals surface area contributed by atoms with Crippen LogP contribution in [0.5, 0.6) is 0 Å². The summed E-state index contributed by atoms with van der Waals surface area (Å²) < 4.78 is 1.10. The predicted molar refractivity (Wildman–Crippen MR) is 81.8 cm³/mol. The molecule has 2 nitrogen and oxygen atoms in total. The highest BCUT2D eigenvalue weighted by Gasteiger charge is 2.20. The molecule has 0 spiro atoms. The lowest BCUT2D eigenvalue weighted by molar-refractivity contribution is -0.135. The fourth-order valence-corrected chi connectivity index (χ4v) is 3.52. The lowest BCUT2D eigenvalue weighted by Crippen LogP contribution is -2.32. The van der Waals surface area contributed by atoms with Crippen LogP contribution in [0.3, 0.4) is 0 Å². The fraction of sp³-hybridized carbons (Fsp3) is 0.643. The predicted octanol–water partition coefficient (Wildman–Crippen LogP) is 4.69. The van der Waals surface area contributed by atoms with Gasteiger partial charge < -0.3 is 4.90 Å². The van der Waals surface area contributed by atoms with Gasteiger partial charge in [0.15, 0.2) is 0 Å². The molecule has 1 aromatic rings. The van der Waals surface area contributed by atoms with E-state index < -0.39 is 0 Å². The topological polar surface area (TPSA) is 20.3 Å². The number of nitrogens with zero attached hydrogens (tertiary/aromatic N) is 1. The van der Waals surface area contributed by atoms with Crippen molar-refractivity contribution in [2.45, 2.75) is 46.1 Å². The van der Waals surface area contributed by atoms with Gasteiger partial charge in [0.1, 0.15) is 0 Å². The number of hydrogen-bond acceptors (Lipinski definition) is 2. The molecule has 0 aliphatic heterocycles. The zero-order valence-corrected chi connectivity index (χ0v) is 13.8. The highest BCUT2D eigenvalue weighted by molar-refractivity contribution is 9.10. The first kappa shape index (κ1) is 15.7. The second-order valence-corrected chi connectivity index (χ2v) is 6.58. The second-order valence-electron chi connectivity index (χ2n) is 4.67. The van der Waals surface area contributed by atoms with Crippen LogP contribution >= 0.6 is 27.3 Å². The van der Waals surface area contributed by atoms with Gasteiger partial charge in [-0.3, -0.25) is 4.79 Å². The first-order valence-electron chi connectivity index (χ1n) is 6.56. The van der Waals surface area contributed by atoms with Crippen molar-refractivity contribution in [1.29, 1.82) is 0 Å². The van der Waals surface area contributed by atoms with Gasteiger partial charge in [-0.05, 0) is 34.8 Å². The standard InChI is InChI=1S/C14H22BrNOS/c1-4-6-7-11(5-2)14(17)16(3)9-13-8-12(15)10-18-13/h8,10-11H,4-7,9H2,1-3H3. The smallest absolute Gasteiger partial charge is 0.225 e. The van der Waals surface area contributed by atoms with E-state index in [2.05, 4.69) is 41.2 Å². The minimum atomic E-state index is 0.193. The molecule has 102 valence electrons. The van der Waals surface area contributed by atoms with E-state index in [9.17, 15) is 4.79 Å². The number of halogens is 1. The summed E-state index contributed by atoms with van der Waals surface area (Å²) in [5.41, 5.74) is 0. The SMILES string of the molecule is CCCCC(CC)C(=O)N(C)Cc1cc(Br)cs1. The molecule has 18 heavy (non-hydrogen) atoms. The Hall–Kier alpha value is -0.350. The maximum absolute atomic E-state index is 12.3. The normalized spacial score (nSPS) is 12.4. The van der Waals surface area contributed by atoms with Gasteiger partial charge in [0.05, 0.1) is 6.54 Å². The molecule has 0 N–H and O–H groups in total. The molecule has 0 bridgehead atoms. The Labute approximate surface area is 123 Å². The third kappa shape index (κ3) is 4.73. The monoisotopic (exact) mass is 331 g/mol. The van der Waals surface area contributed by atoms with Crippen LogP contribution < -0.4 is 0 Å². The van der Waals surface area contributed by atoms with Gasteiger partial charge in [-0.1, -0.05) is 26.7 Å². The van der Waals surface area contributed by atoms with Crippen molar-refractivity contribution in [1.82, 2.24) is 4.90 Å². The average Bonchev–Trinajstić information content (AvgIpc) is 2.75. The van der Waals surface area contributed by atoms with E-state index in [-0.39, 0.29) is 11.8 Å². The van der Waals surface area contributed by atoms with E-state index in [4.69, 9.17) is 0 Å². The summed E-state index contributed by atoms with van der Waals surface area (Å²) in [6.07, 6.45) is 4.26. The van der Waals surface area contributed by atoms with Crippen molar-refractivity contribution < 1.29 is 4.79 Å². The Kier molecular flexibility index (Phi) is 6.94. The molecule has 0 fully saturated rings. The third-order valence-electron chi connectivity index (χ3n) is 3.14. The summed E-state index contributed by atoms with van der Waals surface area (Å²) in [5.74, 6) is 0.480. The molecule has 0 saturated carbocycles. The van der Waals surface area contributed by atoms with E-state index in [0.29, 0.717) is 0 Å². The number of carbonyl (C=O) groups excluding carboxylic acids is 1. The lowest BCUT2D eigenvalue weighted by Gasteiger charge is -2.22. The van der Waals surface area contributed by atoms with Gasteiger partial charge in [-0.2, -0.15) is 0 Å². The highest BCUT2D eigenvalue weighted by atomic mass is 79.9. The molecule has 1 aromatic heterocycles. The summed E-state index contributed by atoms with van der Waals surface area (Å²) in [6.45, 7) is 5.00. The largest absolute Gasteiger partial charge is 0.340 e. The summed E-state index contributed by atoms with van der Waals surface area (Å²) in [6, 6.07) is 2.08. The quantitative estimate of drug-likeness (QED) is 0.710. The van der Waals surface area contributed by atoms with Crippen LogP contribution in [0.4, 0.5) is 0 Å². The number of amides is 1. The van der Waals surface area contributed by atoms with Crippen LogP contribution in [0.2, 0.25) is 0 Å². The van der Waals surface area contributed by atoms with Gasteiger partial charge in [-0.25, -0.2) is 0 Å². The van der Waals surface area contributed by atoms with Crippen molar-refractivity contribution in [3.8, 4) is 0 Å². The van der Waals surface area contributed by atoms with Crippen molar-refractivity contribution in [2.24, 2.45) is 5.92 Å². The van der Waals surface area contributed by atoms with Crippen molar-refractivity contribution in [3.05, 3.63) is 20.8 Å². The Morgan fingerprint density at radius 2 is 2.22 bits per heavy atom. The van der Waals surface area contributed by atoms with Crippen LogP contribution in [-0.2, 0) is 11.3 Å². The summed E-state index contributed by atoms with van der Waals surface area (Å²) in [5, 5.41) is 2.06. The number of rotatable bonds is 7. The van der Waals surface area contributed by atoms with Gasteiger partial charge in [0.25, 0.3) is 0 Å². The number of hydrogen-bond donors (Lipinski definition) is 0. The number of unbranched alkanes of at least 4 members (excludes halogenated alkanes) is 1. The molecule has 4 heteroatoms. The van der Waals surface area contributed by atoms with E-state index in [0.717, 1.165) is 36.7 Å². The van der Waals surface area contributed by atoms with E-state index in [1.165, 1.54) is 4.88 Å². The highest BCUT2D eigenvalue weighted by Crippen LogP contribution is 2.22. The third-order valence-corrected chi connectivity index (χ3v) is 4.82. The zero-order valence-electron chi connectivity index (χ0n) is 11.4. The second kappa shape index (κ2) is 7.95. The summed E-state index contributed by atoms with van der Waals surface area (Å²) in [7, 11) is 1.91. The zero-order chi connectivity index (χ0) is 13.5. The summed E-state index contributed by atoms with van der Waals surface area (Å²) >= 11 is 5.13. The molecular weight excluding hydrogens is 310 g/mol. The van der Waals surface area contributed by atoms with Crippen LogP contribution in [0.15, 0.2) is 15.9 Å². The molecule has 0 aromatic carbocycles. The molecule has 1 atom stereocenters. The molecular formula is C14H22BrNOS. The van der Waals surface area contributed by atoms with E-state index >= 15 is 0 Å². The minimum Gasteiger partial charge on any atom is -0.340 e. The first-order chi connectivity index (χ1) is 8.58. The van der Waals surface area contributed by atoms with Crippen molar-refractivity contribution in [3.63, 3.8) is 0 Å². The maximum Gasteiger partial charge on any atom is 0.225 e. The van der Waals surface area contributed by atoms with Crippen molar-refractivity contribution >= 4 is 33.2 Å². The molecule has 1 rings (SSSR count). The molecule has 1 heterocycles. The van der Waals surface area contributed by atoms with Crippen LogP contribution in [0, 0.1) is 5.92 Å². The lowest BCUT2D eigenvalue weighted by atomic mass is 9.98. The van der Waals surface area contributed by atoms with Gasteiger partial charge in [-0.15, -0.1) is 11.3 Å². The Bertz CT molecular complexity index is 378. The summed E-state index contributed by atoms with van der Waals surface area (Å²) in [4.78, 5) is 15.4. The average molecular weight is 332 g/mol. The van der Waals surface area contributed by atoms with Gasteiger partial charge >= 0.3 is 0 Å². The Balaban J connectivity index is 2.53. The van der Waals surface area contributed by atoms with Gasteiger partial charge in [0, 0.05) is 27.7 Å². The molecule has 1 unspecified atom stereocenters. The molecule has 0 aliphatic carbocycles. The van der Waals surface area contributed by atoms with E-state index in [1.54, 1.807) is 11.3 Å². The first-order valence-corrected chi connectivity index (χ1v) is 8.23. The van der Waals surface area contributed by atoms with Crippen LogP contribution in [0.1, 0.15) is 44.4 Å². The Morgan fingerprint density at radius 1 is 1.50 bits per heavy atom. The molecule has 0 radical (unpaired) electrons. The molecule has 0 aliphatic rings. The maximum atomic E-state index is 12.3. The van der Waals surface area contributed by atoms with Crippen LogP contribution in [0.25, 0.3) is 0 Å². The van der Waals surface area contributed by atoms with Crippen molar-refractivity contribution in [2.75, 3.05) is 7.05 Å². The molecule has 1 amide bonds. The fourth-order valence-electron chi connectivity index (χ4n) is 2.01. The number of carbonyl (C=O) groups is 1. The number of thiophene rings is 1.